The summed E-state index contributed by atoms with van der Waals surface area (Å²) in [6, 6.07) is 0. The summed E-state index contributed by atoms with van der Waals surface area (Å²) in [5.41, 5.74) is -0.389. The van der Waals surface area contributed by atoms with Crippen molar-refractivity contribution in [2.75, 3.05) is 18.5 Å². The molecule has 8 heteroatoms. The Morgan fingerprint density at radius 1 is 1.37 bits per heavy atom. The number of nitrogens with zero attached hydrogens (tertiary/aromatic N) is 2. The van der Waals surface area contributed by atoms with Gasteiger partial charge in [0.05, 0.1) is 6.61 Å². The van der Waals surface area contributed by atoms with Crippen LogP contribution in [-0.4, -0.2) is 37.8 Å². The number of hydrogen-bond acceptors (Lipinski definition) is 5. The quantitative estimate of drug-likeness (QED) is 0.581. The molecule has 4 N–H and O–H groups in total. The second kappa shape index (κ2) is 5.27. The molecule has 0 aliphatic carbocycles. The van der Waals surface area contributed by atoms with E-state index in [2.05, 4.69) is 20.3 Å². The maximum absolute atomic E-state index is 11.8. The minimum Gasteiger partial charge on any atom is -0.395 e. The van der Waals surface area contributed by atoms with Gasteiger partial charge in [-0.25, -0.2) is 4.79 Å². The van der Waals surface area contributed by atoms with Crippen LogP contribution in [0.2, 0.25) is 0 Å². The Morgan fingerprint density at radius 2 is 2.11 bits per heavy atom. The first-order chi connectivity index (χ1) is 9.02. The van der Waals surface area contributed by atoms with Crippen molar-refractivity contribution in [2.45, 2.75) is 20.4 Å². The van der Waals surface area contributed by atoms with Crippen molar-refractivity contribution in [1.82, 2.24) is 19.5 Å². The van der Waals surface area contributed by atoms with E-state index in [4.69, 9.17) is 5.11 Å². The van der Waals surface area contributed by atoms with Crippen molar-refractivity contribution in [3.8, 4) is 0 Å². The van der Waals surface area contributed by atoms with Gasteiger partial charge in [-0.05, 0) is 5.92 Å². The van der Waals surface area contributed by atoms with Crippen molar-refractivity contribution in [2.24, 2.45) is 5.92 Å². The van der Waals surface area contributed by atoms with Crippen LogP contribution in [0, 0.1) is 5.92 Å². The molecule has 2 rings (SSSR count). The van der Waals surface area contributed by atoms with E-state index in [-0.39, 0.29) is 18.0 Å². The molecule has 19 heavy (non-hydrogen) atoms. The van der Waals surface area contributed by atoms with E-state index >= 15 is 0 Å². The van der Waals surface area contributed by atoms with Gasteiger partial charge < -0.3 is 15.4 Å². The van der Waals surface area contributed by atoms with Gasteiger partial charge in [0.15, 0.2) is 11.2 Å². The van der Waals surface area contributed by atoms with Crippen molar-refractivity contribution in [3.05, 3.63) is 20.8 Å². The van der Waals surface area contributed by atoms with Gasteiger partial charge in [0, 0.05) is 13.1 Å². The summed E-state index contributed by atoms with van der Waals surface area (Å²) in [5.74, 6) is 0.606. The molecule has 0 aromatic carbocycles. The van der Waals surface area contributed by atoms with Crippen molar-refractivity contribution >= 4 is 17.1 Å². The monoisotopic (exact) mass is 267 g/mol. The third-order valence-electron chi connectivity index (χ3n) is 2.59. The molecule has 0 spiro atoms. The van der Waals surface area contributed by atoms with Crippen LogP contribution < -0.4 is 16.6 Å². The third kappa shape index (κ3) is 2.68. The van der Waals surface area contributed by atoms with E-state index in [1.807, 2.05) is 13.8 Å². The number of H-pyrrole nitrogens is 2. The van der Waals surface area contributed by atoms with Crippen molar-refractivity contribution in [3.63, 3.8) is 0 Å². The molecule has 0 saturated heterocycles. The Kier molecular flexibility index (Phi) is 3.70. The third-order valence-corrected chi connectivity index (χ3v) is 2.59. The molecule has 0 unspecified atom stereocenters. The van der Waals surface area contributed by atoms with E-state index < -0.39 is 11.2 Å². The molecule has 0 amide bonds. The van der Waals surface area contributed by atoms with E-state index in [1.165, 1.54) is 4.57 Å². The molecular formula is C11H17N5O3. The van der Waals surface area contributed by atoms with Gasteiger partial charge in [0.2, 0.25) is 5.95 Å². The normalized spacial score (nSPS) is 11.4. The van der Waals surface area contributed by atoms with Crippen molar-refractivity contribution < 1.29 is 5.11 Å². The van der Waals surface area contributed by atoms with Crippen LogP contribution >= 0.6 is 0 Å². The summed E-state index contributed by atoms with van der Waals surface area (Å²) in [6.45, 7) is 4.68. The van der Waals surface area contributed by atoms with Gasteiger partial charge in [0.25, 0.3) is 5.56 Å². The zero-order valence-electron chi connectivity index (χ0n) is 10.9. The molecule has 0 aliphatic heterocycles. The summed E-state index contributed by atoms with van der Waals surface area (Å²) >= 11 is 0. The first-order valence-corrected chi connectivity index (χ1v) is 6.10. The molecule has 2 heterocycles. The van der Waals surface area contributed by atoms with E-state index in [1.54, 1.807) is 0 Å². The van der Waals surface area contributed by atoms with Gasteiger partial charge >= 0.3 is 5.69 Å². The number of aromatic nitrogens is 4. The van der Waals surface area contributed by atoms with Gasteiger partial charge in [-0.1, -0.05) is 13.8 Å². The molecule has 0 aliphatic rings. The highest BCUT2D eigenvalue weighted by Gasteiger charge is 2.13. The number of anilines is 1. The first-order valence-electron chi connectivity index (χ1n) is 6.10. The fourth-order valence-electron chi connectivity index (χ4n) is 1.83. The maximum atomic E-state index is 11.8. The lowest BCUT2D eigenvalue weighted by Gasteiger charge is -2.07. The molecular weight excluding hydrogens is 250 g/mol. The summed E-state index contributed by atoms with van der Waals surface area (Å²) in [7, 11) is 0. The highest BCUT2D eigenvalue weighted by Crippen LogP contribution is 2.10. The fourth-order valence-corrected chi connectivity index (χ4v) is 1.83. The number of nitrogens with one attached hydrogen (secondary N) is 3. The number of aliphatic hydroxyl groups excluding tert-OH is 1. The fraction of sp³-hybridized carbons (Fsp3) is 0.545. The number of imidazole rings is 1. The number of hydrogen-bond donors (Lipinski definition) is 4. The van der Waals surface area contributed by atoms with Crippen LogP contribution in [0.5, 0.6) is 0 Å². The second-order valence-corrected chi connectivity index (χ2v) is 4.70. The predicted octanol–water partition coefficient (Wildman–Crippen LogP) is -0.527. The predicted molar refractivity (Wildman–Crippen MR) is 71.4 cm³/mol. The SMILES string of the molecule is CC(C)Cn1c(=O)[nH]c(=O)c2[nH]c(NCCO)nc21. The molecule has 0 bridgehead atoms. The molecule has 8 nitrogen and oxygen atoms in total. The lowest BCUT2D eigenvalue weighted by atomic mass is 10.2. The molecule has 2 aromatic rings. The minimum atomic E-state index is -0.496. The van der Waals surface area contributed by atoms with E-state index in [9.17, 15) is 9.59 Å². The Bertz CT molecular complexity index is 682. The second-order valence-electron chi connectivity index (χ2n) is 4.70. The zero-order chi connectivity index (χ0) is 14.0. The van der Waals surface area contributed by atoms with Gasteiger partial charge in [-0.3, -0.25) is 14.3 Å². The number of rotatable bonds is 5. The number of aromatic amines is 2. The van der Waals surface area contributed by atoms with Gasteiger partial charge in [-0.2, -0.15) is 4.98 Å². The Balaban J connectivity index is 2.57. The Morgan fingerprint density at radius 3 is 2.74 bits per heavy atom. The molecule has 0 fully saturated rings. The molecule has 0 atom stereocenters. The summed E-state index contributed by atoms with van der Waals surface area (Å²) in [6.07, 6.45) is 0. The Hall–Kier alpha value is -2.09. The largest absolute Gasteiger partial charge is 0.395 e. The van der Waals surface area contributed by atoms with Gasteiger partial charge in [0.1, 0.15) is 0 Å². The lowest BCUT2D eigenvalue weighted by Crippen LogP contribution is -2.31. The molecule has 0 radical (unpaired) electrons. The van der Waals surface area contributed by atoms with Crippen LogP contribution in [0.15, 0.2) is 9.59 Å². The smallest absolute Gasteiger partial charge is 0.330 e. The van der Waals surface area contributed by atoms with Crippen LogP contribution in [0.4, 0.5) is 5.95 Å². The standard InChI is InChI=1S/C11H17N5O3/c1-6(2)5-16-8-7(9(18)15-11(16)19)13-10(14-8)12-3-4-17/h6,17H,3-5H2,1-2H3,(H2,12,13,14)(H,15,18,19). The molecule has 2 aromatic heterocycles. The summed E-state index contributed by atoms with van der Waals surface area (Å²) in [4.78, 5) is 32.8. The zero-order valence-corrected chi connectivity index (χ0v) is 10.9. The van der Waals surface area contributed by atoms with E-state index in [0.717, 1.165) is 0 Å². The molecule has 0 saturated carbocycles. The van der Waals surface area contributed by atoms with Crippen LogP contribution in [0.25, 0.3) is 11.2 Å². The lowest BCUT2D eigenvalue weighted by molar-refractivity contribution is 0.311. The van der Waals surface area contributed by atoms with Crippen LogP contribution in [0.3, 0.4) is 0 Å². The highest BCUT2D eigenvalue weighted by molar-refractivity contribution is 5.72. The average Bonchev–Trinajstić information content (AvgIpc) is 2.76. The summed E-state index contributed by atoms with van der Waals surface area (Å²) in [5, 5.41) is 11.6. The van der Waals surface area contributed by atoms with E-state index in [0.29, 0.717) is 24.7 Å². The average molecular weight is 267 g/mol. The summed E-state index contributed by atoms with van der Waals surface area (Å²) < 4.78 is 1.43. The number of fused-ring (bicyclic) bond motifs is 1. The Labute approximate surface area is 108 Å². The van der Waals surface area contributed by atoms with Crippen molar-refractivity contribution in [1.29, 1.82) is 0 Å². The van der Waals surface area contributed by atoms with Crippen LogP contribution in [0.1, 0.15) is 13.8 Å². The minimum absolute atomic E-state index is 0.0494. The van der Waals surface area contributed by atoms with Gasteiger partial charge in [-0.15, -0.1) is 0 Å². The highest BCUT2D eigenvalue weighted by atomic mass is 16.3. The maximum Gasteiger partial charge on any atom is 0.330 e. The van der Waals surface area contributed by atoms with Crippen LogP contribution in [-0.2, 0) is 6.54 Å². The topological polar surface area (TPSA) is 116 Å². The first kappa shape index (κ1) is 13.3. The number of aliphatic hydroxyl groups is 1. The molecule has 104 valence electrons.